The third-order valence-corrected chi connectivity index (χ3v) is 9.66. The second-order valence-electron chi connectivity index (χ2n) is 13.3. The van der Waals surface area contributed by atoms with E-state index in [9.17, 15) is 29.3 Å². The number of carbonyl (C=O) groups is 4. The molecule has 0 bridgehead atoms. The molecule has 0 saturated carbocycles. The number of benzene rings is 4. The van der Waals surface area contributed by atoms with E-state index in [2.05, 4.69) is 59.4 Å². The van der Waals surface area contributed by atoms with Crippen LogP contribution in [-0.4, -0.2) is 78.1 Å². The van der Waals surface area contributed by atoms with Gasteiger partial charge in [-0.1, -0.05) is 109 Å². The smallest absolute Gasteiger partial charge is 0.329 e. The molecule has 0 spiro atoms. The zero-order valence-corrected chi connectivity index (χ0v) is 35.7. The van der Waals surface area contributed by atoms with E-state index in [1.807, 2.05) is 109 Å². The molecule has 4 aromatic carbocycles. The summed E-state index contributed by atoms with van der Waals surface area (Å²) in [5, 5.41) is 30.5. The third kappa shape index (κ3) is 15.2. The maximum Gasteiger partial charge on any atom is 0.329 e. The number of esters is 1. The van der Waals surface area contributed by atoms with Gasteiger partial charge in [-0.05, 0) is 45.7 Å². The Kier molecular flexibility index (Phi) is 20.6. The SMILES string of the molecule is C#C.COC(=O)C(CS)NC(=O)C(Cc1ccc(-c2ccccc2)cc1)NC(=O)C(Cc1ccc(-c2ccccc2)cc1)NC(=O)CCNC1=CC=C([N+](=O)[O-])CC1=N.CS. The molecule has 5 N–H and O–H groups in total. The summed E-state index contributed by atoms with van der Waals surface area (Å²) in [5.74, 6) is -2.48. The van der Waals surface area contributed by atoms with Crippen molar-refractivity contribution >= 4 is 54.7 Å². The van der Waals surface area contributed by atoms with Crippen LogP contribution in [0.25, 0.3) is 22.3 Å². The molecular weight excluding hydrogens is 813 g/mol. The summed E-state index contributed by atoms with van der Waals surface area (Å²) in [6, 6.07) is 31.4. The first-order valence-electron chi connectivity index (χ1n) is 19.1. The lowest BCUT2D eigenvalue weighted by Crippen LogP contribution is -2.57. The summed E-state index contributed by atoms with van der Waals surface area (Å²) in [4.78, 5) is 64.3. The molecule has 61 heavy (non-hydrogen) atoms. The van der Waals surface area contributed by atoms with Crippen LogP contribution in [0, 0.1) is 28.4 Å². The van der Waals surface area contributed by atoms with Crippen LogP contribution in [0.1, 0.15) is 24.0 Å². The highest BCUT2D eigenvalue weighted by molar-refractivity contribution is 7.80. The van der Waals surface area contributed by atoms with Gasteiger partial charge in [-0.25, -0.2) is 4.79 Å². The zero-order chi connectivity index (χ0) is 44.7. The van der Waals surface area contributed by atoms with Crippen molar-refractivity contribution in [3.05, 3.63) is 154 Å². The number of hydrogen-bond donors (Lipinski definition) is 7. The van der Waals surface area contributed by atoms with Gasteiger partial charge in [-0.3, -0.25) is 24.5 Å². The second kappa shape index (κ2) is 25.8. The predicted molar refractivity (Wildman–Crippen MR) is 246 cm³/mol. The molecule has 318 valence electrons. The van der Waals surface area contributed by atoms with E-state index in [4.69, 9.17) is 10.1 Å². The lowest BCUT2D eigenvalue weighted by molar-refractivity contribution is -0.426. The molecule has 0 fully saturated rings. The lowest BCUT2D eigenvalue weighted by Gasteiger charge is -2.25. The van der Waals surface area contributed by atoms with Crippen molar-refractivity contribution in [1.29, 1.82) is 5.41 Å². The molecule has 3 unspecified atom stereocenters. The van der Waals surface area contributed by atoms with Crippen molar-refractivity contribution < 1.29 is 28.8 Å². The monoisotopic (exact) mass is 862 g/mol. The van der Waals surface area contributed by atoms with Crippen molar-refractivity contribution in [2.75, 3.05) is 25.7 Å². The van der Waals surface area contributed by atoms with Crippen LogP contribution in [0.4, 0.5) is 0 Å². The summed E-state index contributed by atoms with van der Waals surface area (Å²) < 4.78 is 4.83. The van der Waals surface area contributed by atoms with Gasteiger partial charge in [0.1, 0.15) is 18.1 Å². The molecule has 0 aliphatic heterocycles. The van der Waals surface area contributed by atoms with Crippen LogP contribution < -0.4 is 21.3 Å². The van der Waals surface area contributed by atoms with Gasteiger partial charge in [0.15, 0.2) is 0 Å². The van der Waals surface area contributed by atoms with Crippen LogP contribution in [0.5, 0.6) is 0 Å². The van der Waals surface area contributed by atoms with Gasteiger partial charge in [0.25, 0.3) is 5.70 Å². The van der Waals surface area contributed by atoms with Gasteiger partial charge in [-0.15, -0.1) is 12.8 Å². The fourth-order valence-electron chi connectivity index (χ4n) is 6.17. The van der Waals surface area contributed by atoms with Gasteiger partial charge in [-0.2, -0.15) is 25.3 Å². The summed E-state index contributed by atoms with van der Waals surface area (Å²) in [6.45, 7) is 0.0877. The quantitative estimate of drug-likeness (QED) is 0.0221. The number of terminal acetylenes is 1. The number of ether oxygens (including phenoxy) is 1. The molecule has 3 amide bonds. The maximum atomic E-state index is 14.2. The van der Waals surface area contributed by atoms with Crippen molar-refractivity contribution in [2.45, 2.75) is 43.8 Å². The van der Waals surface area contributed by atoms with Gasteiger partial charge >= 0.3 is 5.97 Å². The molecule has 13 nitrogen and oxygen atoms in total. The number of carbonyl (C=O) groups excluding carboxylic acids is 4. The maximum absolute atomic E-state index is 14.2. The molecule has 0 saturated heterocycles. The number of nitrogens with one attached hydrogen (secondary N) is 5. The van der Waals surface area contributed by atoms with E-state index in [0.29, 0.717) is 5.70 Å². The second-order valence-corrected chi connectivity index (χ2v) is 13.7. The number of methoxy groups -OCH3 is 1. The minimum Gasteiger partial charge on any atom is -0.467 e. The van der Waals surface area contributed by atoms with E-state index >= 15 is 0 Å². The molecule has 1 aliphatic carbocycles. The predicted octanol–water partition coefficient (Wildman–Crippen LogP) is 5.61. The van der Waals surface area contributed by atoms with Crippen LogP contribution in [-0.2, 0) is 36.8 Å². The van der Waals surface area contributed by atoms with Crippen molar-refractivity contribution in [2.24, 2.45) is 0 Å². The first kappa shape index (κ1) is 48.7. The molecule has 5 rings (SSSR count). The van der Waals surface area contributed by atoms with Crippen molar-refractivity contribution in [3.63, 3.8) is 0 Å². The Labute approximate surface area is 367 Å². The van der Waals surface area contributed by atoms with Gasteiger partial charge in [0, 0.05) is 37.6 Å². The number of nitrogens with zero attached hydrogens (tertiary/aromatic N) is 1. The van der Waals surface area contributed by atoms with Crippen LogP contribution >= 0.6 is 25.3 Å². The van der Waals surface area contributed by atoms with Crippen molar-refractivity contribution in [3.8, 4) is 35.1 Å². The largest absolute Gasteiger partial charge is 0.467 e. The fourth-order valence-corrected chi connectivity index (χ4v) is 6.41. The average Bonchev–Trinajstić information content (AvgIpc) is 3.30. The summed E-state index contributed by atoms with van der Waals surface area (Å²) in [6.07, 6.45) is 12.4. The van der Waals surface area contributed by atoms with Gasteiger partial charge in [0.05, 0.1) is 29.9 Å². The van der Waals surface area contributed by atoms with Gasteiger partial charge < -0.3 is 31.4 Å². The number of thiol groups is 2. The molecule has 4 aromatic rings. The Bertz CT molecular complexity index is 2180. The summed E-state index contributed by atoms with van der Waals surface area (Å²) >= 11 is 7.73. The van der Waals surface area contributed by atoms with E-state index in [-0.39, 0.29) is 49.4 Å². The van der Waals surface area contributed by atoms with E-state index in [1.165, 1.54) is 19.3 Å². The molecule has 1 aliphatic rings. The van der Waals surface area contributed by atoms with Crippen LogP contribution in [0.3, 0.4) is 0 Å². The topological polar surface area (TPSA) is 193 Å². The van der Waals surface area contributed by atoms with Crippen LogP contribution in [0.2, 0.25) is 0 Å². The first-order chi connectivity index (χ1) is 29.5. The van der Waals surface area contributed by atoms with E-state index < -0.39 is 46.7 Å². The number of allylic oxidation sites excluding steroid dienone is 4. The fraction of sp³-hybridized carbons (Fsp3) is 0.239. The number of amides is 3. The highest BCUT2D eigenvalue weighted by atomic mass is 32.1. The third-order valence-electron chi connectivity index (χ3n) is 9.30. The Morgan fingerprint density at radius 1 is 0.721 bits per heavy atom. The summed E-state index contributed by atoms with van der Waals surface area (Å²) in [5.41, 5.74) is 5.74. The molecule has 3 atom stereocenters. The van der Waals surface area contributed by atoms with Crippen LogP contribution in [0.15, 0.2) is 133 Å². The van der Waals surface area contributed by atoms with E-state index in [1.54, 1.807) is 6.26 Å². The Hall–Kier alpha value is -6.63. The Balaban J connectivity index is 0.00000241. The number of nitro groups is 1. The molecule has 15 heteroatoms. The molecule has 0 heterocycles. The average molecular weight is 863 g/mol. The lowest BCUT2D eigenvalue weighted by atomic mass is 9.98. The molecule has 0 radical (unpaired) electrons. The van der Waals surface area contributed by atoms with Gasteiger partial charge in [0.2, 0.25) is 17.7 Å². The standard InChI is InChI=1S/C43H44N6O7S.C2H2.CH4S/c1-56-43(53)39(27-57)48-42(52)38(25-29-14-18-33(19-15-29)31-10-6-3-7-11-31)47-41(51)37(24-28-12-16-32(17-13-28)30-8-4-2-5-9-30)46-40(50)22-23-45-36-21-20-34(49(54)55)26-35(36)44;2*1-2/h2-21,37-39,44-45,57H,22-27H2,1H3,(H,46,50)(H,47,51)(H,48,52);1-2H;2H,1H3. The number of hydrogen-bond acceptors (Lipinski definition) is 11. The normalized spacial score (nSPS) is 13.0. The first-order valence-corrected chi connectivity index (χ1v) is 20.6. The van der Waals surface area contributed by atoms with Crippen molar-refractivity contribution in [1.82, 2.24) is 21.3 Å². The Morgan fingerprint density at radius 3 is 1.59 bits per heavy atom. The minimum atomic E-state index is -1.16. The highest BCUT2D eigenvalue weighted by Gasteiger charge is 2.30. The summed E-state index contributed by atoms with van der Waals surface area (Å²) in [7, 11) is 1.20. The number of rotatable bonds is 18. The molecular formula is C46H50N6O7S2. The Morgan fingerprint density at radius 2 is 1.16 bits per heavy atom. The van der Waals surface area contributed by atoms with E-state index in [0.717, 1.165) is 33.4 Å². The zero-order valence-electron chi connectivity index (χ0n) is 33.9. The molecule has 0 aromatic heterocycles. The highest BCUT2D eigenvalue weighted by Crippen LogP contribution is 2.22. The minimum absolute atomic E-state index is 0.0205.